The van der Waals surface area contributed by atoms with E-state index < -0.39 is 12.4 Å². The van der Waals surface area contributed by atoms with E-state index >= 15 is 0 Å². The highest BCUT2D eigenvalue weighted by Gasteiger charge is 2.17. The zero-order chi connectivity index (χ0) is 13.0. The Morgan fingerprint density at radius 3 is 2.82 bits per heavy atom. The summed E-state index contributed by atoms with van der Waals surface area (Å²) < 4.78 is 30.0. The Bertz CT molecular complexity index is 427. The van der Waals surface area contributed by atoms with E-state index in [1.54, 1.807) is 6.92 Å². The van der Waals surface area contributed by atoms with Gasteiger partial charge in [-0.3, -0.25) is 4.79 Å². The summed E-state index contributed by atoms with van der Waals surface area (Å²) in [6.07, 6.45) is -2.81. The summed E-state index contributed by atoms with van der Waals surface area (Å²) in [6.45, 7) is 1.93. The Morgan fingerprint density at radius 1 is 1.65 bits per heavy atom. The smallest absolute Gasteiger partial charge is 0.311 e. The SMILES string of the molecule is CCOC(=O)Cc1nc(N)c(C(F)F)cc1Br. The number of anilines is 1. The first-order valence-corrected chi connectivity index (χ1v) is 5.63. The van der Waals surface area contributed by atoms with Crippen LogP contribution in [0.3, 0.4) is 0 Å². The molecule has 0 aromatic carbocycles. The fraction of sp³-hybridized carbons (Fsp3) is 0.400. The first-order valence-electron chi connectivity index (χ1n) is 4.84. The van der Waals surface area contributed by atoms with Gasteiger partial charge in [0, 0.05) is 4.47 Å². The van der Waals surface area contributed by atoms with Crippen molar-refractivity contribution in [3.63, 3.8) is 0 Å². The number of carbonyl (C=O) groups excluding carboxylic acids is 1. The zero-order valence-electron chi connectivity index (χ0n) is 9.04. The van der Waals surface area contributed by atoms with Crippen LogP contribution in [0, 0.1) is 0 Å². The van der Waals surface area contributed by atoms with Crippen molar-refractivity contribution in [2.24, 2.45) is 0 Å². The summed E-state index contributed by atoms with van der Waals surface area (Å²) in [5.41, 5.74) is 5.30. The summed E-state index contributed by atoms with van der Waals surface area (Å²) in [7, 11) is 0. The van der Waals surface area contributed by atoms with Gasteiger partial charge in [0.2, 0.25) is 0 Å². The Kier molecular flexibility index (Phi) is 4.80. The van der Waals surface area contributed by atoms with Gasteiger partial charge in [0.15, 0.2) is 0 Å². The summed E-state index contributed by atoms with van der Waals surface area (Å²) >= 11 is 3.07. The molecule has 0 bridgehead atoms. The number of halogens is 3. The molecule has 0 amide bonds. The standard InChI is InChI=1S/C10H11BrF2N2O2/c1-2-17-8(16)4-7-6(11)3-5(9(12)13)10(14)15-7/h3,9H,2,4H2,1H3,(H2,14,15). The number of carbonyl (C=O) groups is 1. The molecular formula is C10H11BrF2N2O2. The third-order valence-electron chi connectivity index (χ3n) is 1.96. The minimum Gasteiger partial charge on any atom is -0.466 e. The number of rotatable bonds is 4. The molecule has 0 unspecified atom stereocenters. The molecule has 1 heterocycles. The lowest BCUT2D eigenvalue weighted by Gasteiger charge is -2.09. The zero-order valence-corrected chi connectivity index (χ0v) is 10.6. The van der Waals surface area contributed by atoms with Crippen molar-refractivity contribution in [2.75, 3.05) is 12.3 Å². The summed E-state index contributed by atoms with van der Waals surface area (Å²) in [5, 5.41) is 0. The highest BCUT2D eigenvalue weighted by Crippen LogP contribution is 2.28. The van der Waals surface area contributed by atoms with Crippen molar-refractivity contribution in [1.82, 2.24) is 4.98 Å². The van der Waals surface area contributed by atoms with Gasteiger partial charge in [-0.15, -0.1) is 0 Å². The lowest BCUT2D eigenvalue weighted by Crippen LogP contribution is -2.11. The predicted molar refractivity (Wildman–Crippen MR) is 61.6 cm³/mol. The second kappa shape index (κ2) is 5.90. The van der Waals surface area contributed by atoms with E-state index in [4.69, 9.17) is 10.5 Å². The number of aromatic nitrogens is 1. The van der Waals surface area contributed by atoms with Gasteiger partial charge in [0.1, 0.15) is 5.82 Å². The van der Waals surface area contributed by atoms with Gasteiger partial charge < -0.3 is 10.5 Å². The van der Waals surface area contributed by atoms with Crippen LogP contribution in [-0.2, 0) is 16.0 Å². The number of nitrogens with zero attached hydrogens (tertiary/aromatic N) is 1. The van der Waals surface area contributed by atoms with Crippen LogP contribution >= 0.6 is 15.9 Å². The number of esters is 1. The molecule has 0 atom stereocenters. The third kappa shape index (κ3) is 3.62. The van der Waals surface area contributed by atoms with Crippen LogP contribution in [0.1, 0.15) is 24.6 Å². The number of ether oxygens (including phenoxy) is 1. The molecule has 1 aromatic heterocycles. The van der Waals surface area contributed by atoms with Gasteiger partial charge in [-0.05, 0) is 28.9 Å². The van der Waals surface area contributed by atoms with Gasteiger partial charge in [-0.25, -0.2) is 13.8 Å². The second-order valence-corrected chi connectivity index (χ2v) is 4.03. The fourth-order valence-electron chi connectivity index (χ4n) is 1.20. The number of hydrogen-bond acceptors (Lipinski definition) is 4. The van der Waals surface area contributed by atoms with E-state index in [0.717, 1.165) is 0 Å². The Morgan fingerprint density at radius 2 is 2.29 bits per heavy atom. The summed E-state index contributed by atoms with van der Waals surface area (Å²) in [5.74, 6) is -0.757. The Hall–Kier alpha value is -1.24. The fourth-order valence-corrected chi connectivity index (χ4v) is 1.68. The van der Waals surface area contributed by atoms with E-state index in [-0.39, 0.29) is 30.1 Å². The van der Waals surface area contributed by atoms with E-state index in [1.807, 2.05) is 0 Å². The molecule has 0 spiro atoms. The van der Waals surface area contributed by atoms with Crippen molar-refractivity contribution >= 4 is 27.7 Å². The maximum Gasteiger partial charge on any atom is 0.311 e. The van der Waals surface area contributed by atoms with E-state index in [9.17, 15) is 13.6 Å². The molecule has 1 rings (SSSR count). The second-order valence-electron chi connectivity index (χ2n) is 3.17. The van der Waals surface area contributed by atoms with Crippen LogP contribution in [0.5, 0.6) is 0 Å². The van der Waals surface area contributed by atoms with E-state index in [2.05, 4.69) is 20.9 Å². The van der Waals surface area contributed by atoms with Crippen molar-refractivity contribution in [2.45, 2.75) is 19.8 Å². The first kappa shape index (κ1) is 13.8. The first-order chi connectivity index (χ1) is 7.95. The van der Waals surface area contributed by atoms with Crippen LogP contribution in [0.25, 0.3) is 0 Å². The predicted octanol–water partition coefficient (Wildman–Crippen LogP) is 2.47. The lowest BCUT2D eigenvalue weighted by molar-refractivity contribution is -0.142. The molecule has 1 aromatic rings. The van der Waals surface area contributed by atoms with Crippen molar-refractivity contribution in [3.8, 4) is 0 Å². The van der Waals surface area contributed by atoms with Crippen molar-refractivity contribution < 1.29 is 18.3 Å². The van der Waals surface area contributed by atoms with Crippen molar-refractivity contribution in [3.05, 3.63) is 21.8 Å². The maximum absolute atomic E-state index is 12.5. The van der Waals surface area contributed by atoms with Crippen LogP contribution in [0.2, 0.25) is 0 Å². The highest BCUT2D eigenvalue weighted by molar-refractivity contribution is 9.10. The Balaban J connectivity index is 2.95. The normalized spacial score (nSPS) is 10.6. The van der Waals surface area contributed by atoms with Gasteiger partial charge in [-0.1, -0.05) is 0 Å². The third-order valence-corrected chi connectivity index (χ3v) is 2.65. The van der Waals surface area contributed by atoms with Crippen molar-refractivity contribution in [1.29, 1.82) is 0 Å². The summed E-state index contributed by atoms with van der Waals surface area (Å²) in [6, 6.07) is 1.17. The quantitative estimate of drug-likeness (QED) is 0.868. The molecule has 2 N–H and O–H groups in total. The number of nitrogen functional groups attached to an aromatic ring is 1. The molecule has 0 aliphatic heterocycles. The van der Waals surface area contributed by atoms with Gasteiger partial charge >= 0.3 is 5.97 Å². The average Bonchev–Trinajstić information content (AvgIpc) is 2.22. The molecule has 0 saturated carbocycles. The number of nitrogens with two attached hydrogens (primary N) is 1. The number of alkyl halides is 2. The minimum absolute atomic E-state index is 0.109. The minimum atomic E-state index is -2.70. The Labute approximate surface area is 105 Å². The van der Waals surface area contributed by atoms with Crippen LogP contribution in [-0.4, -0.2) is 17.6 Å². The van der Waals surface area contributed by atoms with Crippen LogP contribution in [0.4, 0.5) is 14.6 Å². The molecule has 17 heavy (non-hydrogen) atoms. The molecule has 0 radical (unpaired) electrons. The molecule has 0 saturated heterocycles. The number of pyridine rings is 1. The maximum atomic E-state index is 12.5. The molecule has 4 nitrogen and oxygen atoms in total. The van der Waals surface area contributed by atoms with Gasteiger partial charge in [0.05, 0.1) is 24.3 Å². The number of hydrogen-bond donors (Lipinski definition) is 1. The highest BCUT2D eigenvalue weighted by atomic mass is 79.9. The molecule has 7 heteroatoms. The molecular weight excluding hydrogens is 298 g/mol. The molecule has 0 aliphatic rings. The molecule has 0 fully saturated rings. The molecule has 94 valence electrons. The van der Waals surface area contributed by atoms with E-state index in [1.165, 1.54) is 6.07 Å². The van der Waals surface area contributed by atoms with E-state index in [0.29, 0.717) is 4.47 Å². The van der Waals surface area contributed by atoms with Crippen LogP contribution < -0.4 is 5.73 Å². The van der Waals surface area contributed by atoms with Crippen LogP contribution in [0.15, 0.2) is 10.5 Å². The van der Waals surface area contributed by atoms with Gasteiger partial charge in [0.25, 0.3) is 6.43 Å². The largest absolute Gasteiger partial charge is 0.466 e. The topological polar surface area (TPSA) is 65.2 Å². The lowest BCUT2D eigenvalue weighted by atomic mass is 10.2. The van der Waals surface area contributed by atoms with Gasteiger partial charge in [-0.2, -0.15) is 0 Å². The monoisotopic (exact) mass is 308 g/mol. The summed E-state index contributed by atoms with van der Waals surface area (Å²) in [4.78, 5) is 15.0. The molecule has 0 aliphatic carbocycles. The average molecular weight is 309 g/mol.